The van der Waals surface area contributed by atoms with E-state index in [0.717, 1.165) is 6.20 Å². The number of nitrogens with zero attached hydrogens (tertiary/aromatic N) is 1. The molecule has 2 nitrogen and oxygen atoms in total. The number of halogens is 4. The van der Waals surface area contributed by atoms with Gasteiger partial charge in [0, 0.05) is 18.3 Å². The summed E-state index contributed by atoms with van der Waals surface area (Å²) >= 11 is 1.50. The van der Waals surface area contributed by atoms with Gasteiger partial charge in [0.25, 0.3) is 6.43 Å². The van der Waals surface area contributed by atoms with E-state index in [1.807, 2.05) is 0 Å². The zero-order valence-corrected chi connectivity index (χ0v) is 8.56. The average molecular weight is 302 g/mol. The van der Waals surface area contributed by atoms with Crippen molar-refractivity contribution in [2.24, 2.45) is 5.73 Å². The van der Waals surface area contributed by atoms with Crippen LogP contribution in [0.1, 0.15) is 17.6 Å². The number of nitrogens with two attached hydrogens (primary N) is 1. The van der Waals surface area contributed by atoms with Crippen LogP contribution in [0.3, 0.4) is 0 Å². The molecule has 2 N–H and O–H groups in total. The van der Waals surface area contributed by atoms with Crippen molar-refractivity contribution in [1.29, 1.82) is 0 Å². The Morgan fingerprint density at radius 3 is 2.62 bits per heavy atom. The molecule has 0 atom stereocenters. The van der Waals surface area contributed by atoms with Crippen molar-refractivity contribution in [2.75, 3.05) is 0 Å². The first kappa shape index (κ1) is 10.7. The Hall–Kier alpha value is -0.370. The van der Waals surface area contributed by atoms with Crippen molar-refractivity contribution in [3.05, 3.63) is 26.8 Å². The molecule has 0 aromatic carbocycles. The Labute approximate surface area is 86.5 Å². The molecule has 0 saturated carbocycles. The van der Waals surface area contributed by atoms with E-state index in [2.05, 4.69) is 4.98 Å². The summed E-state index contributed by atoms with van der Waals surface area (Å²) in [4.78, 5) is 3.31. The van der Waals surface area contributed by atoms with Gasteiger partial charge in [-0.2, -0.15) is 4.39 Å². The second-order valence-electron chi connectivity index (χ2n) is 2.31. The lowest BCUT2D eigenvalue weighted by atomic mass is 10.1. The van der Waals surface area contributed by atoms with Crippen molar-refractivity contribution in [3.8, 4) is 0 Å². The molecular formula is C7H6F3IN2. The number of aromatic nitrogens is 1. The first-order chi connectivity index (χ1) is 6.07. The lowest BCUT2D eigenvalue weighted by Gasteiger charge is -2.08. The fourth-order valence-corrected chi connectivity index (χ4v) is 1.63. The van der Waals surface area contributed by atoms with E-state index < -0.39 is 12.4 Å². The van der Waals surface area contributed by atoms with Crippen molar-refractivity contribution in [2.45, 2.75) is 13.0 Å². The maximum Gasteiger partial charge on any atom is 0.265 e. The molecule has 13 heavy (non-hydrogen) atoms. The normalized spacial score (nSPS) is 10.9. The summed E-state index contributed by atoms with van der Waals surface area (Å²) in [6.07, 6.45) is -1.68. The van der Waals surface area contributed by atoms with Gasteiger partial charge in [0.2, 0.25) is 5.95 Å². The van der Waals surface area contributed by atoms with Crippen LogP contribution in [0.2, 0.25) is 0 Å². The highest BCUT2D eigenvalue weighted by Crippen LogP contribution is 2.28. The number of alkyl halides is 2. The Balaban J connectivity index is 3.32. The minimum Gasteiger partial charge on any atom is -0.326 e. The van der Waals surface area contributed by atoms with Crippen LogP contribution in [-0.2, 0) is 6.54 Å². The first-order valence-electron chi connectivity index (χ1n) is 3.39. The summed E-state index contributed by atoms with van der Waals surface area (Å²) in [5.74, 6) is -0.881. The molecule has 0 aliphatic carbocycles. The highest BCUT2D eigenvalue weighted by molar-refractivity contribution is 14.1. The second kappa shape index (κ2) is 4.23. The molecule has 72 valence electrons. The fraction of sp³-hybridized carbons (Fsp3) is 0.286. The number of rotatable bonds is 2. The van der Waals surface area contributed by atoms with Gasteiger partial charge in [-0.05, 0) is 28.2 Å². The summed E-state index contributed by atoms with van der Waals surface area (Å²) in [7, 11) is 0. The van der Waals surface area contributed by atoms with Crippen LogP contribution in [0, 0.1) is 9.52 Å². The van der Waals surface area contributed by atoms with Gasteiger partial charge in [-0.25, -0.2) is 13.8 Å². The Morgan fingerprint density at radius 1 is 1.54 bits per heavy atom. The molecule has 0 saturated heterocycles. The van der Waals surface area contributed by atoms with E-state index in [4.69, 9.17) is 5.73 Å². The van der Waals surface area contributed by atoms with E-state index in [1.54, 1.807) is 0 Å². The van der Waals surface area contributed by atoms with E-state index in [1.165, 1.54) is 22.6 Å². The van der Waals surface area contributed by atoms with Gasteiger partial charge in [0.05, 0.1) is 3.57 Å². The van der Waals surface area contributed by atoms with Crippen LogP contribution < -0.4 is 5.73 Å². The molecule has 0 bridgehead atoms. The van der Waals surface area contributed by atoms with Gasteiger partial charge in [0.1, 0.15) is 0 Å². The van der Waals surface area contributed by atoms with Crippen LogP contribution in [0.25, 0.3) is 0 Å². The molecule has 0 aliphatic heterocycles. The van der Waals surface area contributed by atoms with Crippen LogP contribution in [0.5, 0.6) is 0 Å². The summed E-state index contributed by atoms with van der Waals surface area (Å²) in [5.41, 5.74) is 5.04. The standard InChI is InChI=1S/C7H6F3IN2/c8-6(9)4-3(1-12)2-13-7(10)5(4)11/h2,6H,1,12H2. The lowest BCUT2D eigenvalue weighted by molar-refractivity contribution is 0.148. The highest BCUT2D eigenvalue weighted by Gasteiger charge is 2.19. The van der Waals surface area contributed by atoms with Gasteiger partial charge < -0.3 is 5.73 Å². The molecule has 1 rings (SSSR count). The van der Waals surface area contributed by atoms with Gasteiger partial charge in [-0.15, -0.1) is 0 Å². The van der Waals surface area contributed by atoms with Crippen LogP contribution in [0.15, 0.2) is 6.20 Å². The Kier molecular flexibility index (Phi) is 3.48. The predicted molar refractivity (Wildman–Crippen MR) is 49.8 cm³/mol. The number of pyridine rings is 1. The summed E-state index contributed by atoms with van der Waals surface area (Å²) in [5, 5.41) is 0. The van der Waals surface area contributed by atoms with Crippen LogP contribution in [-0.4, -0.2) is 4.98 Å². The Bertz CT molecular complexity index is 317. The molecular weight excluding hydrogens is 296 g/mol. The fourth-order valence-electron chi connectivity index (χ4n) is 0.911. The SMILES string of the molecule is NCc1cnc(F)c(I)c1C(F)F. The quantitative estimate of drug-likeness (QED) is 0.672. The molecule has 0 unspecified atom stereocenters. The van der Waals surface area contributed by atoms with Crippen molar-refractivity contribution >= 4 is 22.6 Å². The van der Waals surface area contributed by atoms with Crippen molar-refractivity contribution in [3.63, 3.8) is 0 Å². The molecule has 0 spiro atoms. The minimum absolute atomic E-state index is 0.0665. The summed E-state index contributed by atoms with van der Waals surface area (Å²) in [6, 6.07) is 0. The van der Waals surface area contributed by atoms with Crippen molar-refractivity contribution < 1.29 is 13.2 Å². The molecule has 6 heteroatoms. The third kappa shape index (κ3) is 2.11. The molecule has 0 aliphatic rings. The maximum absolute atomic E-state index is 12.8. The first-order valence-corrected chi connectivity index (χ1v) is 4.46. The molecule has 1 heterocycles. The van der Waals surface area contributed by atoms with E-state index >= 15 is 0 Å². The molecule has 1 aromatic rings. The minimum atomic E-state index is -2.72. The third-order valence-electron chi connectivity index (χ3n) is 1.54. The van der Waals surface area contributed by atoms with Crippen LogP contribution >= 0.6 is 22.6 Å². The molecule has 1 aromatic heterocycles. The molecule has 0 fully saturated rings. The number of hydrogen-bond donors (Lipinski definition) is 1. The second-order valence-corrected chi connectivity index (χ2v) is 3.39. The van der Waals surface area contributed by atoms with Crippen LogP contribution in [0.4, 0.5) is 13.2 Å². The average Bonchev–Trinajstić information content (AvgIpc) is 2.08. The van der Waals surface area contributed by atoms with E-state index in [9.17, 15) is 13.2 Å². The number of hydrogen-bond acceptors (Lipinski definition) is 2. The zero-order chi connectivity index (χ0) is 10.0. The third-order valence-corrected chi connectivity index (χ3v) is 2.56. The zero-order valence-electron chi connectivity index (χ0n) is 6.40. The monoisotopic (exact) mass is 302 g/mol. The largest absolute Gasteiger partial charge is 0.326 e. The van der Waals surface area contributed by atoms with Gasteiger partial charge in [-0.3, -0.25) is 0 Å². The van der Waals surface area contributed by atoms with E-state index in [-0.39, 0.29) is 21.2 Å². The summed E-state index contributed by atoms with van der Waals surface area (Å²) in [6.45, 7) is -0.0665. The Morgan fingerprint density at radius 2 is 2.15 bits per heavy atom. The molecule has 0 radical (unpaired) electrons. The summed E-state index contributed by atoms with van der Waals surface area (Å²) < 4.78 is 37.4. The highest BCUT2D eigenvalue weighted by atomic mass is 127. The van der Waals surface area contributed by atoms with Crippen molar-refractivity contribution in [1.82, 2.24) is 4.98 Å². The van der Waals surface area contributed by atoms with Gasteiger partial charge in [-0.1, -0.05) is 0 Å². The van der Waals surface area contributed by atoms with Gasteiger partial charge in [0.15, 0.2) is 0 Å². The van der Waals surface area contributed by atoms with Gasteiger partial charge >= 0.3 is 0 Å². The van der Waals surface area contributed by atoms with E-state index in [0.29, 0.717) is 0 Å². The topological polar surface area (TPSA) is 38.9 Å². The predicted octanol–water partition coefficient (Wildman–Crippen LogP) is 2.22. The lowest BCUT2D eigenvalue weighted by Crippen LogP contribution is -2.07. The smallest absolute Gasteiger partial charge is 0.265 e. The maximum atomic E-state index is 12.8. The molecule has 0 amide bonds.